The lowest BCUT2D eigenvalue weighted by molar-refractivity contribution is -0.143. The molecule has 0 amide bonds. The summed E-state index contributed by atoms with van der Waals surface area (Å²) in [5.74, 6) is 0. The molecule has 1 heterocycles. The fraction of sp³-hybridized carbons (Fsp3) is 0.625. The first-order valence-electron chi connectivity index (χ1n) is 4.50. The maximum Gasteiger partial charge on any atom is 0.440 e. The second-order valence-corrected chi connectivity index (χ2v) is 3.76. The molecule has 8 heteroatoms. The summed E-state index contributed by atoms with van der Waals surface area (Å²) in [5.41, 5.74) is -2.59. The van der Waals surface area contributed by atoms with Gasteiger partial charge in [0.1, 0.15) is 0 Å². The van der Waals surface area contributed by atoms with Crippen LogP contribution in [0.4, 0.5) is 13.2 Å². The average Bonchev–Trinajstić information content (AvgIpc) is 2.19. The second kappa shape index (κ2) is 4.86. The van der Waals surface area contributed by atoms with E-state index in [1.54, 1.807) is 13.2 Å². The van der Waals surface area contributed by atoms with E-state index < -0.39 is 17.4 Å². The van der Waals surface area contributed by atoms with Crippen molar-refractivity contribution < 1.29 is 13.2 Å². The largest absolute Gasteiger partial charge is 0.440 e. The monoisotopic (exact) mass is 253 g/mol. The summed E-state index contributed by atoms with van der Waals surface area (Å²) in [6.07, 6.45) is -2.57. The van der Waals surface area contributed by atoms with Crippen molar-refractivity contribution in [1.29, 1.82) is 0 Å². The van der Waals surface area contributed by atoms with E-state index in [1.165, 1.54) is 0 Å². The summed E-state index contributed by atoms with van der Waals surface area (Å²) in [6, 6.07) is 0. The lowest BCUT2D eigenvalue weighted by Crippen LogP contribution is -2.32. The van der Waals surface area contributed by atoms with Gasteiger partial charge in [-0.15, -0.1) is 10.2 Å². The number of hydrogen-bond acceptors (Lipinski definition) is 4. The molecule has 1 rings (SSSR count). The standard InChI is InChI=1S/C8H10F3N3OS/c1-3-4-14-6(15)5(8(9,10)11)12-13-7(14)16-2/h3-4H2,1-2H3. The van der Waals surface area contributed by atoms with Crippen LogP contribution >= 0.6 is 11.8 Å². The SMILES string of the molecule is CCCn1c(SC)nnc(C(F)(F)F)c1=O. The Morgan fingerprint density at radius 3 is 2.44 bits per heavy atom. The van der Waals surface area contributed by atoms with Crippen LogP contribution in [0.25, 0.3) is 0 Å². The molecule has 90 valence electrons. The Balaban J connectivity index is 3.38. The van der Waals surface area contributed by atoms with E-state index in [4.69, 9.17) is 0 Å². The number of halogens is 3. The fourth-order valence-corrected chi connectivity index (χ4v) is 1.67. The molecule has 16 heavy (non-hydrogen) atoms. The van der Waals surface area contributed by atoms with E-state index in [-0.39, 0.29) is 11.7 Å². The van der Waals surface area contributed by atoms with E-state index >= 15 is 0 Å². The van der Waals surface area contributed by atoms with Gasteiger partial charge in [-0.1, -0.05) is 18.7 Å². The Morgan fingerprint density at radius 1 is 1.38 bits per heavy atom. The summed E-state index contributed by atoms with van der Waals surface area (Å²) in [5, 5.41) is 6.53. The predicted octanol–water partition coefficient (Wildman–Crippen LogP) is 1.79. The minimum absolute atomic E-state index is 0.194. The molecular formula is C8H10F3N3OS. The Labute approximate surface area is 93.9 Å². The number of thioether (sulfide) groups is 1. The Morgan fingerprint density at radius 2 is 2.00 bits per heavy atom. The predicted molar refractivity (Wildman–Crippen MR) is 53.4 cm³/mol. The first-order chi connectivity index (χ1) is 7.41. The van der Waals surface area contributed by atoms with Crippen LogP contribution in [-0.4, -0.2) is 21.0 Å². The molecule has 0 fully saturated rings. The smallest absolute Gasteiger partial charge is 0.284 e. The van der Waals surface area contributed by atoms with Gasteiger partial charge in [0.05, 0.1) is 0 Å². The minimum Gasteiger partial charge on any atom is -0.284 e. The highest BCUT2D eigenvalue weighted by atomic mass is 32.2. The quantitative estimate of drug-likeness (QED) is 0.770. The third-order valence-corrected chi connectivity index (χ3v) is 2.48. The van der Waals surface area contributed by atoms with Gasteiger partial charge in [-0.25, -0.2) is 0 Å². The lowest BCUT2D eigenvalue weighted by Gasteiger charge is -2.10. The van der Waals surface area contributed by atoms with Crippen LogP contribution < -0.4 is 5.56 Å². The van der Waals surface area contributed by atoms with Gasteiger partial charge in [-0.2, -0.15) is 13.2 Å². The van der Waals surface area contributed by atoms with Gasteiger partial charge in [0.15, 0.2) is 5.16 Å². The van der Waals surface area contributed by atoms with Crippen molar-refractivity contribution >= 4 is 11.8 Å². The summed E-state index contributed by atoms with van der Waals surface area (Å²) in [7, 11) is 0. The minimum atomic E-state index is -4.75. The van der Waals surface area contributed by atoms with Crippen LogP contribution in [0.3, 0.4) is 0 Å². The highest BCUT2D eigenvalue weighted by molar-refractivity contribution is 7.98. The van der Waals surface area contributed by atoms with Crippen molar-refractivity contribution in [3.05, 3.63) is 16.0 Å². The second-order valence-electron chi connectivity index (χ2n) is 2.99. The molecule has 0 atom stereocenters. The van der Waals surface area contributed by atoms with E-state index in [0.29, 0.717) is 6.42 Å². The van der Waals surface area contributed by atoms with Gasteiger partial charge in [0.25, 0.3) is 5.56 Å². The van der Waals surface area contributed by atoms with Crippen LogP contribution in [0.2, 0.25) is 0 Å². The number of alkyl halides is 3. The highest BCUT2D eigenvalue weighted by Gasteiger charge is 2.37. The molecule has 1 aromatic heterocycles. The van der Waals surface area contributed by atoms with Crippen LogP contribution in [0.1, 0.15) is 19.0 Å². The van der Waals surface area contributed by atoms with E-state index in [2.05, 4.69) is 10.2 Å². The van der Waals surface area contributed by atoms with E-state index in [0.717, 1.165) is 16.3 Å². The molecular weight excluding hydrogens is 243 g/mol. The van der Waals surface area contributed by atoms with Crippen LogP contribution in [-0.2, 0) is 12.7 Å². The molecule has 0 N–H and O–H groups in total. The van der Waals surface area contributed by atoms with Gasteiger partial charge in [0, 0.05) is 6.54 Å². The van der Waals surface area contributed by atoms with Crippen molar-refractivity contribution in [2.24, 2.45) is 0 Å². The molecule has 0 radical (unpaired) electrons. The van der Waals surface area contributed by atoms with E-state index in [9.17, 15) is 18.0 Å². The van der Waals surface area contributed by atoms with Gasteiger partial charge < -0.3 is 0 Å². The van der Waals surface area contributed by atoms with Crippen molar-refractivity contribution in [1.82, 2.24) is 14.8 Å². The molecule has 0 saturated carbocycles. The molecule has 0 bridgehead atoms. The average molecular weight is 253 g/mol. The van der Waals surface area contributed by atoms with Gasteiger partial charge in [-0.05, 0) is 12.7 Å². The van der Waals surface area contributed by atoms with E-state index in [1.807, 2.05) is 0 Å². The molecule has 0 aliphatic heterocycles. The zero-order valence-electron chi connectivity index (χ0n) is 8.71. The normalized spacial score (nSPS) is 11.8. The molecule has 0 aliphatic carbocycles. The summed E-state index contributed by atoms with van der Waals surface area (Å²) in [4.78, 5) is 11.5. The van der Waals surface area contributed by atoms with Gasteiger partial charge in [-0.3, -0.25) is 9.36 Å². The summed E-state index contributed by atoms with van der Waals surface area (Å²) < 4.78 is 38.1. The van der Waals surface area contributed by atoms with Gasteiger partial charge in [0.2, 0.25) is 5.69 Å². The lowest BCUT2D eigenvalue weighted by atomic mass is 10.4. The van der Waals surface area contributed by atoms with Crippen LogP contribution in [0, 0.1) is 0 Å². The summed E-state index contributed by atoms with van der Waals surface area (Å²) in [6.45, 7) is 1.97. The zero-order valence-corrected chi connectivity index (χ0v) is 9.52. The maximum absolute atomic E-state index is 12.4. The van der Waals surface area contributed by atoms with Gasteiger partial charge >= 0.3 is 6.18 Å². The fourth-order valence-electron chi connectivity index (χ4n) is 1.15. The molecule has 0 aromatic carbocycles. The third kappa shape index (κ3) is 2.55. The number of nitrogens with zero attached hydrogens (tertiary/aromatic N) is 3. The molecule has 4 nitrogen and oxygen atoms in total. The molecule has 0 spiro atoms. The first kappa shape index (κ1) is 13.0. The van der Waals surface area contributed by atoms with Crippen molar-refractivity contribution in [2.75, 3.05) is 6.26 Å². The summed E-state index contributed by atoms with van der Waals surface area (Å²) >= 11 is 1.09. The Bertz CT molecular complexity index is 430. The highest BCUT2D eigenvalue weighted by Crippen LogP contribution is 2.24. The molecule has 0 aliphatic rings. The number of aromatic nitrogens is 3. The van der Waals surface area contributed by atoms with Crippen LogP contribution in [0.5, 0.6) is 0 Å². The number of hydrogen-bond donors (Lipinski definition) is 0. The maximum atomic E-state index is 12.4. The molecule has 1 aromatic rings. The Hall–Kier alpha value is -1.05. The van der Waals surface area contributed by atoms with Crippen molar-refractivity contribution in [3.8, 4) is 0 Å². The topological polar surface area (TPSA) is 47.8 Å². The number of rotatable bonds is 3. The zero-order chi connectivity index (χ0) is 12.3. The first-order valence-corrected chi connectivity index (χ1v) is 5.73. The third-order valence-electron chi connectivity index (χ3n) is 1.81. The molecule has 0 unspecified atom stereocenters. The molecule has 0 saturated heterocycles. The van der Waals surface area contributed by atoms with Crippen molar-refractivity contribution in [2.45, 2.75) is 31.2 Å². The Kier molecular flexibility index (Phi) is 3.95. The van der Waals surface area contributed by atoms with Crippen molar-refractivity contribution in [3.63, 3.8) is 0 Å². The van der Waals surface area contributed by atoms with Crippen LogP contribution in [0.15, 0.2) is 9.95 Å².